The molecule has 1 nitrogen and oxygen atoms in total. The minimum Gasteiger partial charge on any atom is -0.261 e. The Bertz CT molecular complexity index is 279. The second-order valence-corrected chi connectivity index (χ2v) is 2.75. The Morgan fingerprint density at radius 3 is 2.38 bits per heavy atom. The van der Waals surface area contributed by atoms with Gasteiger partial charge >= 0.3 is 0 Å². The molecule has 0 aromatic heterocycles. The zero-order chi connectivity index (χ0) is 10.3. The Labute approximate surface area is 85.5 Å². The van der Waals surface area contributed by atoms with Crippen LogP contribution in [-0.4, -0.2) is 6.21 Å². The third-order valence-electron chi connectivity index (χ3n) is 1.43. The maximum atomic E-state index is 5.77. The topological polar surface area (TPSA) is 12.4 Å². The number of benzene rings is 1. The van der Waals surface area contributed by atoms with Crippen molar-refractivity contribution in [2.45, 2.75) is 27.7 Å². The summed E-state index contributed by atoms with van der Waals surface area (Å²) in [7, 11) is 0. The van der Waals surface area contributed by atoms with Crippen LogP contribution in [-0.2, 0) is 0 Å². The first kappa shape index (κ1) is 12.2. The first-order valence-corrected chi connectivity index (χ1v) is 4.86. The van der Waals surface area contributed by atoms with Crippen molar-refractivity contribution in [3.05, 3.63) is 28.8 Å². The molecule has 2 heteroatoms. The Hall–Kier alpha value is -0.820. The minimum absolute atomic E-state index is 0.762. The predicted molar refractivity (Wildman–Crippen MR) is 61.4 cm³/mol. The molecule has 0 amide bonds. The standard InChI is InChI=1S/C9H10ClN.C2H6/c1-3-11-9-5-4-8(10)6-7(9)2;1-2/h3-6H,1-2H3;1-2H3. The van der Waals surface area contributed by atoms with Crippen molar-refractivity contribution in [2.24, 2.45) is 4.99 Å². The molecule has 0 heterocycles. The number of hydrogen-bond acceptors (Lipinski definition) is 1. The summed E-state index contributed by atoms with van der Waals surface area (Å²) < 4.78 is 0. The van der Waals surface area contributed by atoms with Gasteiger partial charge in [0.05, 0.1) is 5.69 Å². The van der Waals surface area contributed by atoms with E-state index in [0.29, 0.717) is 0 Å². The highest BCUT2D eigenvalue weighted by Crippen LogP contribution is 2.21. The first-order valence-electron chi connectivity index (χ1n) is 4.49. The van der Waals surface area contributed by atoms with E-state index >= 15 is 0 Å². The summed E-state index contributed by atoms with van der Waals surface area (Å²) in [5.41, 5.74) is 2.09. The summed E-state index contributed by atoms with van der Waals surface area (Å²) in [4.78, 5) is 4.16. The smallest absolute Gasteiger partial charge is 0.0655 e. The van der Waals surface area contributed by atoms with E-state index in [1.807, 2.05) is 45.9 Å². The summed E-state index contributed by atoms with van der Waals surface area (Å²) in [6, 6.07) is 5.67. The van der Waals surface area contributed by atoms with Gasteiger partial charge in [-0.1, -0.05) is 25.4 Å². The molecule has 0 radical (unpaired) electrons. The van der Waals surface area contributed by atoms with Gasteiger partial charge in [0, 0.05) is 11.2 Å². The molecule has 0 fully saturated rings. The molecule has 0 aliphatic heterocycles. The SMILES string of the molecule is CC.CC=Nc1ccc(Cl)cc1C. The maximum Gasteiger partial charge on any atom is 0.0655 e. The molecule has 0 N–H and O–H groups in total. The molecular weight excluding hydrogens is 182 g/mol. The van der Waals surface area contributed by atoms with Crippen LogP contribution in [0.1, 0.15) is 26.3 Å². The Morgan fingerprint density at radius 2 is 1.92 bits per heavy atom. The van der Waals surface area contributed by atoms with Crippen LogP contribution in [0.5, 0.6) is 0 Å². The minimum atomic E-state index is 0.762. The molecule has 0 unspecified atom stereocenters. The van der Waals surface area contributed by atoms with Gasteiger partial charge in [0.2, 0.25) is 0 Å². The summed E-state index contributed by atoms with van der Waals surface area (Å²) in [5, 5.41) is 0.762. The zero-order valence-electron chi connectivity index (χ0n) is 8.63. The molecule has 0 saturated heterocycles. The molecule has 0 aliphatic carbocycles. The molecule has 1 rings (SSSR count). The van der Waals surface area contributed by atoms with E-state index in [1.165, 1.54) is 0 Å². The lowest BCUT2D eigenvalue weighted by atomic mass is 10.2. The largest absolute Gasteiger partial charge is 0.261 e. The number of aryl methyl sites for hydroxylation is 1. The quantitative estimate of drug-likeness (QED) is 0.592. The van der Waals surface area contributed by atoms with Crippen LogP contribution in [0.25, 0.3) is 0 Å². The van der Waals surface area contributed by atoms with Crippen LogP contribution >= 0.6 is 11.6 Å². The van der Waals surface area contributed by atoms with Gasteiger partial charge < -0.3 is 0 Å². The van der Waals surface area contributed by atoms with Gasteiger partial charge in [-0.25, -0.2) is 0 Å². The predicted octanol–water partition coefficient (Wildman–Crippen LogP) is 4.40. The van der Waals surface area contributed by atoms with Crippen molar-refractivity contribution < 1.29 is 0 Å². The number of halogens is 1. The van der Waals surface area contributed by atoms with Crippen molar-refractivity contribution in [1.29, 1.82) is 0 Å². The molecule has 1 aromatic carbocycles. The van der Waals surface area contributed by atoms with Crippen molar-refractivity contribution in [1.82, 2.24) is 0 Å². The number of hydrogen-bond donors (Lipinski definition) is 0. The highest BCUT2D eigenvalue weighted by molar-refractivity contribution is 6.30. The molecular formula is C11H16ClN. The van der Waals surface area contributed by atoms with E-state index in [9.17, 15) is 0 Å². The van der Waals surface area contributed by atoms with Crippen LogP contribution in [0.4, 0.5) is 5.69 Å². The lowest BCUT2D eigenvalue weighted by Gasteiger charge is -1.98. The average molecular weight is 198 g/mol. The van der Waals surface area contributed by atoms with E-state index < -0.39 is 0 Å². The highest BCUT2D eigenvalue weighted by atomic mass is 35.5. The van der Waals surface area contributed by atoms with Crippen LogP contribution in [0.15, 0.2) is 23.2 Å². The van der Waals surface area contributed by atoms with Crippen molar-refractivity contribution in [3.63, 3.8) is 0 Å². The van der Waals surface area contributed by atoms with Gasteiger partial charge in [-0.15, -0.1) is 0 Å². The van der Waals surface area contributed by atoms with Crippen molar-refractivity contribution in [2.75, 3.05) is 0 Å². The number of rotatable bonds is 1. The third kappa shape index (κ3) is 4.09. The lowest BCUT2D eigenvalue weighted by Crippen LogP contribution is -1.73. The molecule has 0 aliphatic rings. The fourth-order valence-electron chi connectivity index (χ4n) is 0.903. The zero-order valence-corrected chi connectivity index (χ0v) is 9.39. The van der Waals surface area contributed by atoms with E-state index in [0.717, 1.165) is 16.3 Å². The van der Waals surface area contributed by atoms with Crippen LogP contribution in [0.3, 0.4) is 0 Å². The second-order valence-electron chi connectivity index (χ2n) is 2.32. The lowest BCUT2D eigenvalue weighted by molar-refractivity contribution is 1.40. The fourth-order valence-corrected chi connectivity index (χ4v) is 1.13. The van der Waals surface area contributed by atoms with Gasteiger partial charge in [0.1, 0.15) is 0 Å². The number of nitrogens with zero attached hydrogens (tertiary/aromatic N) is 1. The van der Waals surface area contributed by atoms with Crippen LogP contribution < -0.4 is 0 Å². The van der Waals surface area contributed by atoms with E-state index in [4.69, 9.17) is 11.6 Å². The molecule has 0 bridgehead atoms. The van der Waals surface area contributed by atoms with Gasteiger partial charge in [-0.2, -0.15) is 0 Å². The normalized spacial score (nSPS) is 9.62. The molecule has 0 atom stereocenters. The monoisotopic (exact) mass is 197 g/mol. The van der Waals surface area contributed by atoms with E-state index in [2.05, 4.69) is 4.99 Å². The molecule has 0 saturated carbocycles. The molecule has 1 aromatic rings. The van der Waals surface area contributed by atoms with Gasteiger partial charge in [-0.3, -0.25) is 4.99 Å². The van der Waals surface area contributed by atoms with Gasteiger partial charge in [-0.05, 0) is 37.6 Å². The number of aliphatic imine (C=N–C) groups is 1. The molecule has 0 spiro atoms. The van der Waals surface area contributed by atoms with E-state index in [-0.39, 0.29) is 0 Å². The van der Waals surface area contributed by atoms with Crippen LogP contribution in [0, 0.1) is 6.92 Å². The average Bonchev–Trinajstić information content (AvgIpc) is 2.14. The van der Waals surface area contributed by atoms with Crippen molar-refractivity contribution >= 4 is 23.5 Å². The maximum absolute atomic E-state index is 5.77. The summed E-state index contributed by atoms with van der Waals surface area (Å²) in [6.07, 6.45) is 1.77. The van der Waals surface area contributed by atoms with Gasteiger partial charge in [0.25, 0.3) is 0 Å². The summed E-state index contributed by atoms with van der Waals surface area (Å²) in [6.45, 7) is 7.89. The Morgan fingerprint density at radius 1 is 1.31 bits per heavy atom. The second kappa shape index (κ2) is 6.67. The fraction of sp³-hybridized carbons (Fsp3) is 0.364. The summed E-state index contributed by atoms with van der Waals surface area (Å²) >= 11 is 5.77. The first-order chi connectivity index (χ1) is 6.24. The van der Waals surface area contributed by atoms with Gasteiger partial charge in [0.15, 0.2) is 0 Å². The Balaban J connectivity index is 0.000000671. The Kier molecular flexibility index (Phi) is 6.25. The van der Waals surface area contributed by atoms with E-state index in [1.54, 1.807) is 6.21 Å². The molecule has 72 valence electrons. The molecule has 13 heavy (non-hydrogen) atoms. The third-order valence-corrected chi connectivity index (χ3v) is 1.66. The highest BCUT2D eigenvalue weighted by Gasteiger charge is 1.94. The van der Waals surface area contributed by atoms with Crippen LogP contribution in [0.2, 0.25) is 5.02 Å². The summed E-state index contributed by atoms with van der Waals surface area (Å²) in [5.74, 6) is 0. The van der Waals surface area contributed by atoms with Crippen molar-refractivity contribution in [3.8, 4) is 0 Å².